The maximum absolute atomic E-state index is 11.2. The van der Waals surface area contributed by atoms with Gasteiger partial charge in [-0.2, -0.15) is 5.26 Å². The molecule has 1 aromatic carbocycles. The molecule has 3 nitrogen and oxygen atoms in total. The van der Waals surface area contributed by atoms with Gasteiger partial charge in [-0.05, 0) is 23.1 Å². The van der Waals surface area contributed by atoms with Crippen LogP contribution in [0.5, 0.6) is 5.75 Å². The smallest absolute Gasteiger partial charge is 0.184 e. The molecule has 0 aromatic heterocycles. The second kappa shape index (κ2) is 5.49. The van der Waals surface area contributed by atoms with E-state index in [0.717, 1.165) is 5.56 Å². The number of ether oxygens (including phenoxy) is 1. The molecule has 0 aliphatic carbocycles. The lowest BCUT2D eigenvalue weighted by atomic mass is 9.87. The fraction of sp³-hybridized carbons (Fsp3) is 0.429. The van der Waals surface area contributed by atoms with Crippen LogP contribution in [0.15, 0.2) is 24.3 Å². The van der Waals surface area contributed by atoms with Crippen LogP contribution in [0.25, 0.3) is 0 Å². The van der Waals surface area contributed by atoms with Gasteiger partial charge in [-0.3, -0.25) is 4.79 Å². The number of hydrogen-bond donors (Lipinski definition) is 0. The highest BCUT2D eigenvalue weighted by molar-refractivity contribution is 5.81. The Morgan fingerprint density at radius 2 is 2.12 bits per heavy atom. The first-order chi connectivity index (χ1) is 7.93. The molecule has 90 valence electrons. The number of hydrogen-bond acceptors (Lipinski definition) is 3. The van der Waals surface area contributed by atoms with Gasteiger partial charge in [0.05, 0.1) is 12.5 Å². The molecule has 0 aliphatic rings. The third-order valence-electron chi connectivity index (χ3n) is 2.38. The summed E-state index contributed by atoms with van der Waals surface area (Å²) in [5, 5.41) is 8.36. The van der Waals surface area contributed by atoms with E-state index in [4.69, 9.17) is 10.00 Å². The second-order valence-corrected chi connectivity index (χ2v) is 4.94. The predicted molar refractivity (Wildman–Crippen MR) is 65.9 cm³/mol. The SMILES string of the molecule is CC(C)(C)c1cccc(OCC(=O)CC#N)c1. The zero-order valence-electron chi connectivity index (χ0n) is 10.5. The third kappa shape index (κ3) is 4.28. The zero-order valence-corrected chi connectivity index (χ0v) is 10.5. The summed E-state index contributed by atoms with van der Waals surface area (Å²) in [4.78, 5) is 11.2. The van der Waals surface area contributed by atoms with Crippen molar-refractivity contribution in [2.45, 2.75) is 32.6 Å². The Kier molecular flexibility index (Phi) is 4.28. The van der Waals surface area contributed by atoms with Crippen molar-refractivity contribution in [1.29, 1.82) is 5.26 Å². The number of carbonyl (C=O) groups excluding carboxylic acids is 1. The van der Waals surface area contributed by atoms with Gasteiger partial charge in [0.2, 0.25) is 0 Å². The van der Waals surface area contributed by atoms with E-state index in [0.29, 0.717) is 5.75 Å². The zero-order chi connectivity index (χ0) is 12.9. The van der Waals surface area contributed by atoms with Crippen LogP contribution in [0.1, 0.15) is 32.8 Å². The number of carbonyl (C=O) groups is 1. The van der Waals surface area contributed by atoms with Crippen molar-refractivity contribution in [3.05, 3.63) is 29.8 Å². The van der Waals surface area contributed by atoms with Gasteiger partial charge in [0.15, 0.2) is 5.78 Å². The number of nitriles is 1. The molecule has 0 fully saturated rings. The summed E-state index contributed by atoms with van der Waals surface area (Å²) in [5.74, 6) is 0.470. The van der Waals surface area contributed by atoms with E-state index < -0.39 is 0 Å². The normalized spacial score (nSPS) is 10.7. The highest BCUT2D eigenvalue weighted by atomic mass is 16.5. The lowest BCUT2D eigenvalue weighted by Crippen LogP contribution is -2.13. The van der Waals surface area contributed by atoms with Crippen LogP contribution in [0, 0.1) is 11.3 Å². The summed E-state index contributed by atoms with van der Waals surface area (Å²) >= 11 is 0. The average Bonchev–Trinajstić information content (AvgIpc) is 2.26. The van der Waals surface area contributed by atoms with Crippen LogP contribution in [-0.4, -0.2) is 12.4 Å². The highest BCUT2D eigenvalue weighted by Gasteiger charge is 2.14. The van der Waals surface area contributed by atoms with Gasteiger partial charge in [0.25, 0.3) is 0 Å². The molecule has 0 saturated carbocycles. The number of nitrogens with zero attached hydrogens (tertiary/aromatic N) is 1. The van der Waals surface area contributed by atoms with Gasteiger partial charge in [-0.1, -0.05) is 32.9 Å². The minimum absolute atomic E-state index is 0.0405. The van der Waals surface area contributed by atoms with Crippen LogP contribution in [0.3, 0.4) is 0 Å². The van der Waals surface area contributed by atoms with Crippen molar-refractivity contribution >= 4 is 5.78 Å². The van der Waals surface area contributed by atoms with E-state index in [9.17, 15) is 4.79 Å². The molecule has 0 amide bonds. The first-order valence-corrected chi connectivity index (χ1v) is 5.55. The maximum atomic E-state index is 11.2. The molecule has 0 radical (unpaired) electrons. The van der Waals surface area contributed by atoms with Gasteiger partial charge in [0, 0.05) is 0 Å². The lowest BCUT2D eigenvalue weighted by Gasteiger charge is -2.19. The van der Waals surface area contributed by atoms with Crippen molar-refractivity contribution in [1.82, 2.24) is 0 Å². The third-order valence-corrected chi connectivity index (χ3v) is 2.38. The minimum atomic E-state index is -0.200. The van der Waals surface area contributed by atoms with Crippen molar-refractivity contribution in [2.75, 3.05) is 6.61 Å². The topological polar surface area (TPSA) is 50.1 Å². The summed E-state index contributed by atoms with van der Waals surface area (Å²) in [6, 6.07) is 9.49. The summed E-state index contributed by atoms with van der Waals surface area (Å²) in [5.41, 5.74) is 1.21. The molecule has 3 heteroatoms. The fourth-order valence-corrected chi connectivity index (χ4v) is 1.36. The Morgan fingerprint density at radius 1 is 1.41 bits per heavy atom. The van der Waals surface area contributed by atoms with Gasteiger partial charge in [-0.25, -0.2) is 0 Å². The molecule has 0 heterocycles. The van der Waals surface area contributed by atoms with Crippen LogP contribution in [0.2, 0.25) is 0 Å². The average molecular weight is 231 g/mol. The molecule has 0 bridgehead atoms. The van der Waals surface area contributed by atoms with E-state index in [1.165, 1.54) is 0 Å². The maximum Gasteiger partial charge on any atom is 0.184 e. The Balaban J connectivity index is 2.67. The molecule has 0 N–H and O–H groups in total. The van der Waals surface area contributed by atoms with E-state index in [2.05, 4.69) is 20.8 Å². The van der Waals surface area contributed by atoms with Crippen LogP contribution in [-0.2, 0) is 10.2 Å². The van der Waals surface area contributed by atoms with Crippen LogP contribution >= 0.6 is 0 Å². The highest BCUT2D eigenvalue weighted by Crippen LogP contribution is 2.25. The van der Waals surface area contributed by atoms with Crippen molar-refractivity contribution in [3.63, 3.8) is 0 Å². The largest absolute Gasteiger partial charge is 0.486 e. The number of Topliss-reactive ketones (excluding diaryl/α,β-unsaturated/α-hetero) is 1. The molecule has 0 aliphatic heterocycles. The molecule has 0 atom stereocenters. The van der Waals surface area contributed by atoms with Gasteiger partial charge >= 0.3 is 0 Å². The van der Waals surface area contributed by atoms with Crippen LogP contribution < -0.4 is 4.74 Å². The van der Waals surface area contributed by atoms with E-state index in [1.807, 2.05) is 30.3 Å². The second-order valence-electron chi connectivity index (χ2n) is 4.94. The van der Waals surface area contributed by atoms with E-state index >= 15 is 0 Å². The quantitative estimate of drug-likeness (QED) is 0.800. The Morgan fingerprint density at radius 3 is 2.71 bits per heavy atom. The molecular formula is C14H17NO2. The fourth-order valence-electron chi connectivity index (χ4n) is 1.36. The molecule has 0 saturated heterocycles. The van der Waals surface area contributed by atoms with Gasteiger partial charge in [-0.15, -0.1) is 0 Å². The number of benzene rings is 1. The predicted octanol–water partition coefficient (Wildman–Crippen LogP) is 2.85. The number of ketones is 1. The summed E-state index contributed by atoms with van der Waals surface area (Å²) < 4.78 is 5.36. The monoisotopic (exact) mass is 231 g/mol. The first kappa shape index (κ1) is 13.2. The number of rotatable bonds is 4. The summed E-state index contributed by atoms with van der Waals surface area (Å²) in [6.45, 7) is 6.31. The van der Waals surface area contributed by atoms with Crippen molar-refractivity contribution < 1.29 is 9.53 Å². The summed E-state index contributed by atoms with van der Waals surface area (Å²) in [6.07, 6.45) is -0.0983. The standard InChI is InChI=1S/C14H17NO2/c1-14(2,3)11-5-4-6-13(9-11)17-10-12(16)7-8-15/h4-6,9H,7,10H2,1-3H3. The van der Waals surface area contributed by atoms with Gasteiger partial charge in [0.1, 0.15) is 12.4 Å². The van der Waals surface area contributed by atoms with Crippen molar-refractivity contribution in [3.8, 4) is 11.8 Å². The van der Waals surface area contributed by atoms with E-state index in [1.54, 1.807) is 0 Å². The summed E-state index contributed by atoms with van der Waals surface area (Å²) in [7, 11) is 0. The Labute approximate surface area is 102 Å². The molecule has 1 rings (SSSR count). The first-order valence-electron chi connectivity index (χ1n) is 5.55. The van der Waals surface area contributed by atoms with Crippen molar-refractivity contribution in [2.24, 2.45) is 0 Å². The van der Waals surface area contributed by atoms with E-state index in [-0.39, 0.29) is 24.2 Å². The lowest BCUT2D eigenvalue weighted by molar-refractivity contribution is -0.120. The molecule has 1 aromatic rings. The molecule has 0 spiro atoms. The van der Waals surface area contributed by atoms with Crippen LogP contribution in [0.4, 0.5) is 0 Å². The Bertz CT molecular complexity index is 438. The molecule has 0 unspecified atom stereocenters. The van der Waals surface area contributed by atoms with Gasteiger partial charge < -0.3 is 4.74 Å². The Hall–Kier alpha value is -1.82. The minimum Gasteiger partial charge on any atom is -0.486 e. The molecule has 17 heavy (non-hydrogen) atoms. The molecular weight excluding hydrogens is 214 g/mol.